The number of esters is 1. The second-order valence-electron chi connectivity index (χ2n) is 4.18. The molecule has 5 heteroatoms. The van der Waals surface area contributed by atoms with Gasteiger partial charge in [0.2, 0.25) is 0 Å². The Morgan fingerprint density at radius 2 is 2.05 bits per heavy atom. The third-order valence-corrected chi connectivity index (χ3v) is 2.44. The lowest BCUT2D eigenvalue weighted by Crippen LogP contribution is -2.33. The maximum absolute atomic E-state index is 11.4. The smallest absolute Gasteiger partial charge is 0.331 e. The minimum absolute atomic E-state index is 0.0184. The monoisotopic (exact) mass is 281 g/mol. The first-order valence-electron chi connectivity index (χ1n) is 5.87. The van der Waals surface area contributed by atoms with Crippen LogP contribution in [0, 0.1) is 0 Å². The van der Waals surface area contributed by atoms with E-state index in [1.54, 1.807) is 24.3 Å². The van der Waals surface area contributed by atoms with E-state index in [0.29, 0.717) is 10.6 Å². The Labute approximate surface area is 117 Å². The highest BCUT2D eigenvalue weighted by Crippen LogP contribution is 2.16. The van der Waals surface area contributed by atoms with Crippen molar-refractivity contribution < 1.29 is 14.3 Å². The number of halogens is 1. The number of benzene rings is 1. The first kappa shape index (κ1) is 15.2. The fourth-order valence-corrected chi connectivity index (χ4v) is 1.52. The summed E-state index contributed by atoms with van der Waals surface area (Å²) in [5.41, 5.74) is 0.716. The maximum atomic E-state index is 11.4. The fraction of sp³-hybridized carbons (Fsp3) is 0.286. The molecule has 0 radical (unpaired) electrons. The van der Waals surface area contributed by atoms with Crippen molar-refractivity contribution in [1.29, 1.82) is 0 Å². The van der Waals surface area contributed by atoms with Crippen LogP contribution >= 0.6 is 11.6 Å². The van der Waals surface area contributed by atoms with Gasteiger partial charge >= 0.3 is 5.97 Å². The fourth-order valence-electron chi connectivity index (χ4n) is 1.32. The average Bonchev–Trinajstić information content (AvgIpc) is 2.34. The van der Waals surface area contributed by atoms with E-state index in [2.05, 4.69) is 5.32 Å². The Hall–Kier alpha value is -1.81. The van der Waals surface area contributed by atoms with Crippen molar-refractivity contribution in [2.45, 2.75) is 19.9 Å². The zero-order valence-electron chi connectivity index (χ0n) is 10.9. The molecule has 0 aromatic heterocycles. The number of carbonyl (C=O) groups excluding carboxylic acids is 2. The van der Waals surface area contributed by atoms with Gasteiger partial charge in [0.15, 0.2) is 6.61 Å². The van der Waals surface area contributed by atoms with E-state index >= 15 is 0 Å². The van der Waals surface area contributed by atoms with Crippen molar-refractivity contribution >= 4 is 29.6 Å². The summed E-state index contributed by atoms with van der Waals surface area (Å²) in [6.45, 7) is 3.37. The van der Waals surface area contributed by atoms with Crippen molar-refractivity contribution in [2.24, 2.45) is 0 Å². The average molecular weight is 282 g/mol. The molecule has 19 heavy (non-hydrogen) atoms. The Morgan fingerprint density at radius 1 is 1.37 bits per heavy atom. The van der Waals surface area contributed by atoms with Gasteiger partial charge in [-0.2, -0.15) is 0 Å². The molecular weight excluding hydrogens is 266 g/mol. The van der Waals surface area contributed by atoms with Gasteiger partial charge < -0.3 is 10.1 Å². The van der Waals surface area contributed by atoms with Crippen LogP contribution in [-0.4, -0.2) is 24.5 Å². The minimum Gasteiger partial charge on any atom is -0.452 e. The van der Waals surface area contributed by atoms with Crippen molar-refractivity contribution in [3.8, 4) is 0 Å². The standard InChI is InChI=1S/C14H16ClNO3/c1-10(2)16-13(17)9-19-14(18)8-7-11-5-3-4-6-12(11)15/h3-8,10H,9H2,1-2H3,(H,16,17)/b8-7+. The number of ether oxygens (including phenoxy) is 1. The summed E-state index contributed by atoms with van der Waals surface area (Å²) in [6, 6.07) is 7.13. The van der Waals surface area contributed by atoms with E-state index in [4.69, 9.17) is 16.3 Å². The van der Waals surface area contributed by atoms with Crippen LogP contribution < -0.4 is 5.32 Å². The van der Waals surface area contributed by atoms with Gasteiger partial charge in [0.1, 0.15) is 0 Å². The van der Waals surface area contributed by atoms with Crippen LogP contribution in [0.1, 0.15) is 19.4 Å². The van der Waals surface area contributed by atoms with Gasteiger partial charge in [-0.15, -0.1) is 0 Å². The molecule has 0 fully saturated rings. The Morgan fingerprint density at radius 3 is 2.68 bits per heavy atom. The Balaban J connectivity index is 2.44. The molecule has 1 aromatic rings. The third-order valence-electron chi connectivity index (χ3n) is 2.10. The van der Waals surface area contributed by atoms with Gasteiger partial charge in [0.05, 0.1) is 0 Å². The molecule has 0 atom stereocenters. The van der Waals surface area contributed by atoms with Crippen LogP contribution in [0.15, 0.2) is 30.3 Å². The van der Waals surface area contributed by atoms with Crippen LogP contribution in [-0.2, 0) is 14.3 Å². The van der Waals surface area contributed by atoms with E-state index in [-0.39, 0.29) is 18.6 Å². The Bertz CT molecular complexity index is 483. The normalized spacial score (nSPS) is 10.7. The summed E-state index contributed by atoms with van der Waals surface area (Å²) >= 11 is 5.93. The molecule has 0 bridgehead atoms. The molecule has 1 aromatic carbocycles. The van der Waals surface area contributed by atoms with Gasteiger partial charge in [0, 0.05) is 17.1 Å². The molecule has 0 saturated carbocycles. The first-order valence-corrected chi connectivity index (χ1v) is 6.25. The molecule has 1 amide bonds. The molecule has 0 spiro atoms. The van der Waals surface area contributed by atoms with E-state index < -0.39 is 5.97 Å². The van der Waals surface area contributed by atoms with Crippen LogP contribution in [0.2, 0.25) is 5.02 Å². The highest BCUT2D eigenvalue weighted by molar-refractivity contribution is 6.32. The topological polar surface area (TPSA) is 55.4 Å². The van der Waals surface area contributed by atoms with Crippen molar-refractivity contribution in [1.82, 2.24) is 5.32 Å². The summed E-state index contributed by atoms with van der Waals surface area (Å²) in [5, 5.41) is 3.17. The van der Waals surface area contributed by atoms with Crippen LogP contribution in [0.25, 0.3) is 6.08 Å². The number of hydrogen-bond donors (Lipinski definition) is 1. The number of amides is 1. The van der Waals surface area contributed by atoms with E-state index in [1.165, 1.54) is 6.08 Å². The molecule has 0 aliphatic carbocycles. The molecule has 0 unspecified atom stereocenters. The number of rotatable bonds is 5. The summed E-state index contributed by atoms with van der Waals surface area (Å²) in [6.07, 6.45) is 2.79. The van der Waals surface area contributed by atoms with Crippen LogP contribution in [0.3, 0.4) is 0 Å². The quantitative estimate of drug-likeness (QED) is 0.666. The lowest BCUT2D eigenvalue weighted by molar-refractivity contribution is -0.143. The zero-order chi connectivity index (χ0) is 14.3. The molecule has 0 aliphatic heterocycles. The third kappa shape index (κ3) is 6.06. The van der Waals surface area contributed by atoms with Gasteiger partial charge in [-0.3, -0.25) is 4.79 Å². The maximum Gasteiger partial charge on any atom is 0.331 e. The predicted molar refractivity (Wildman–Crippen MR) is 74.7 cm³/mol. The number of nitrogens with one attached hydrogen (secondary N) is 1. The van der Waals surface area contributed by atoms with Gasteiger partial charge in [0.25, 0.3) is 5.91 Å². The minimum atomic E-state index is -0.584. The second kappa shape index (κ2) is 7.59. The number of carbonyl (C=O) groups is 2. The van der Waals surface area contributed by atoms with Crippen LogP contribution in [0.4, 0.5) is 0 Å². The lowest BCUT2D eigenvalue weighted by Gasteiger charge is -2.07. The molecule has 0 saturated heterocycles. The van der Waals surface area contributed by atoms with Gasteiger partial charge in [-0.1, -0.05) is 29.8 Å². The Kier molecular flexibility index (Phi) is 6.09. The highest BCUT2D eigenvalue weighted by Gasteiger charge is 2.06. The van der Waals surface area contributed by atoms with E-state index in [9.17, 15) is 9.59 Å². The van der Waals surface area contributed by atoms with E-state index in [1.807, 2.05) is 19.9 Å². The molecule has 0 heterocycles. The second-order valence-corrected chi connectivity index (χ2v) is 4.59. The summed E-state index contributed by atoms with van der Waals surface area (Å²) in [4.78, 5) is 22.6. The first-order chi connectivity index (χ1) is 8.99. The van der Waals surface area contributed by atoms with E-state index in [0.717, 1.165) is 0 Å². The summed E-state index contributed by atoms with van der Waals surface area (Å²) in [5.74, 6) is -0.909. The van der Waals surface area contributed by atoms with Crippen molar-refractivity contribution in [3.63, 3.8) is 0 Å². The lowest BCUT2D eigenvalue weighted by atomic mass is 10.2. The summed E-state index contributed by atoms with van der Waals surface area (Å²) in [7, 11) is 0. The zero-order valence-corrected chi connectivity index (χ0v) is 11.6. The van der Waals surface area contributed by atoms with Gasteiger partial charge in [-0.05, 0) is 31.6 Å². The van der Waals surface area contributed by atoms with Gasteiger partial charge in [-0.25, -0.2) is 4.79 Å². The van der Waals surface area contributed by atoms with Crippen molar-refractivity contribution in [3.05, 3.63) is 40.9 Å². The predicted octanol–water partition coefficient (Wildman–Crippen LogP) is 2.42. The molecule has 1 rings (SSSR count). The molecule has 102 valence electrons. The summed E-state index contributed by atoms with van der Waals surface area (Å²) < 4.78 is 4.79. The van der Waals surface area contributed by atoms with Crippen LogP contribution in [0.5, 0.6) is 0 Å². The van der Waals surface area contributed by atoms with Crippen molar-refractivity contribution in [2.75, 3.05) is 6.61 Å². The molecule has 0 aliphatic rings. The molecule has 4 nitrogen and oxygen atoms in total. The SMILES string of the molecule is CC(C)NC(=O)COC(=O)/C=C/c1ccccc1Cl. The largest absolute Gasteiger partial charge is 0.452 e. The molecular formula is C14H16ClNO3. The highest BCUT2D eigenvalue weighted by atomic mass is 35.5. The molecule has 1 N–H and O–H groups in total. The number of hydrogen-bond acceptors (Lipinski definition) is 3.